The molecule has 4 aromatic rings. The maximum absolute atomic E-state index is 13.6. The minimum absolute atomic E-state index is 0.0109. The molecule has 6 nitrogen and oxygen atoms in total. The Morgan fingerprint density at radius 3 is 2.50 bits per heavy atom. The Labute approximate surface area is 198 Å². The van der Waals surface area contributed by atoms with Gasteiger partial charge in [0.1, 0.15) is 0 Å². The molecule has 1 amide bonds. The van der Waals surface area contributed by atoms with Crippen LogP contribution in [-0.2, 0) is 16.4 Å². The Morgan fingerprint density at radius 1 is 1.00 bits per heavy atom. The van der Waals surface area contributed by atoms with Crippen LogP contribution in [0, 0.1) is 6.92 Å². The van der Waals surface area contributed by atoms with Gasteiger partial charge in [-0.15, -0.1) is 0 Å². The molecule has 7 heteroatoms. The van der Waals surface area contributed by atoms with Crippen molar-refractivity contribution < 1.29 is 13.2 Å². The molecule has 170 valence electrons. The summed E-state index contributed by atoms with van der Waals surface area (Å²) >= 11 is 0. The summed E-state index contributed by atoms with van der Waals surface area (Å²) in [5.41, 5.74) is 6.10. The molecule has 0 fully saturated rings. The molecule has 0 atom stereocenters. The highest BCUT2D eigenvalue weighted by Crippen LogP contribution is 2.38. The van der Waals surface area contributed by atoms with Gasteiger partial charge in [0.2, 0.25) is 10.0 Å². The fourth-order valence-corrected chi connectivity index (χ4v) is 5.27. The number of para-hydroxylation sites is 1. The number of nitrogens with one attached hydrogen (secondary N) is 1. The number of nitrogens with two attached hydrogens (primary N) is 1. The van der Waals surface area contributed by atoms with Crippen molar-refractivity contribution in [1.29, 1.82) is 0 Å². The fourth-order valence-electron chi connectivity index (χ4n) is 4.47. The van der Waals surface area contributed by atoms with Crippen LogP contribution in [0.4, 0.5) is 5.69 Å². The molecule has 0 unspecified atom stereocenters. The zero-order valence-electron chi connectivity index (χ0n) is 18.6. The van der Waals surface area contributed by atoms with Gasteiger partial charge in [-0.2, -0.15) is 0 Å². The van der Waals surface area contributed by atoms with Crippen molar-refractivity contribution in [2.75, 3.05) is 5.32 Å². The van der Waals surface area contributed by atoms with Crippen LogP contribution in [0.2, 0.25) is 0 Å². The van der Waals surface area contributed by atoms with E-state index in [1.54, 1.807) is 19.1 Å². The molecule has 3 aromatic carbocycles. The second kappa shape index (κ2) is 8.52. The molecular formula is C27H23N3O3S. The standard InChI is InChI=1S/C27H23N3O3S/c1-17-11-13-20(16-24(17)34(28,32)33)29-27(31)25-21-9-5-6-10-23(21)30-26-19(12-14-22(25)26)15-18-7-3-2-4-8-18/h2-11,13,15-16H,12,14H2,1H3,(H,29,31)(H2,28,32,33)/b19-15+. The number of hydrogen-bond donors (Lipinski definition) is 2. The first-order valence-electron chi connectivity index (χ1n) is 10.9. The number of benzene rings is 3. The number of nitrogens with zero attached hydrogens (tertiary/aromatic N) is 1. The lowest BCUT2D eigenvalue weighted by molar-refractivity contribution is 0.102. The van der Waals surface area contributed by atoms with Crippen molar-refractivity contribution in [3.05, 3.63) is 101 Å². The van der Waals surface area contributed by atoms with E-state index in [1.165, 1.54) is 6.07 Å². The topological polar surface area (TPSA) is 102 Å². The molecule has 34 heavy (non-hydrogen) atoms. The second-order valence-corrected chi connectivity index (χ2v) is 9.92. The average molecular weight is 470 g/mol. The third-order valence-electron chi connectivity index (χ3n) is 6.06. The van der Waals surface area contributed by atoms with Crippen molar-refractivity contribution in [2.24, 2.45) is 5.14 Å². The smallest absolute Gasteiger partial charge is 0.256 e. The number of allylic oxidation sites excluding steroid dienone is 1. The van der Waals surface area contributed by atoms with E-state index in [-0.39, 0.29) is 10.8 Å². The summed E-state index contributed by atoms with van der Waals surface area (Å²) in [5, 5.41) is 8.98. The van der Waals surface area contributed by atoms with Crippen molar-refractivity contribution >= 4 is 44.2 Å². The number of sulfonamides is 1. The molecule has 0 bridgehead atoms. The van der Waals surface area contributed by atoms with Gasteiger partial charge in [-0.25, -0.2) is 18.5 Å². The SMILES string of the molecule is Cc1ccc(NC(=O)c2c3c(nc4ccccc24)/C(=C/c2ccccc2)CC3)cc1S(N)(=O)=O. The summed E-state index contributed by atoms with van der Waals surface area (Å²) in [6.07, 6.45) is 3.60. The van der Waals surface area contributed by atoms with E-state index in [0.717, 1.165) is 39.7 Å². The number of carbonyl (C=O) groups excluding carboxylic acids is 1. The van der Waals surface area contributed by atoms with Crippen LogP contribution in [-0.4, -0.2) is 19.3 Å². The Kier molecular flexibility index (Phi) is 5.51. The maximum atomic E-state index is 13.6. The summed E-state index contributed by atoms with van der Waals surface area (Å²) in [5.74, 6) is -0.306. The van der Waals surface area contributed by atoms with E-state index in [4.69, 9.17) is 10.1 Å². The zero-order valence-corrected chi connectivity index (χ0v) is 19.4. The molecule has 0 saturated carbocycles. The fraction of sp³-hybridized carbons (Fsp3) is 0.111. The Bertz CT molecular complexity index is 1580. The minimum atomic E-state index is -3.91. The van der Waals surface area contributed by atoms with Gasteiger partial charge >= 0.3 is 0 Å². The third-order valence-corrected chi connectivity index (χ3v) is 7.11. The van der Waals surface area contributed by atoms with Crippen LogP contribution in [0.5, 0.6) is 0 Å². The number of pyridine rings is 1. The highest BCUT2D eigenvalue weighted by molar-refractivity contribution is 7.89. The molecular weight excluding hydrogens is 446 g/mol. The van der Waals surface area contributed by atoms with E-state index in [9.17, 15) is 13.2 Å². The van der Waals surface area contributed by atoms with E-state index in [2.05, 4.69) is 11.4 Å². The van der Waals surface area contributed by atoms with Gasteiger partial charge in [0.25, 0.3) is 5.91 Å². The average Bonchev–Trinajstić information content (AvgIpc) is 3.20. The lowest BCUT2D eigenvalue weighted by Crippen LogP contribution is -2.17. The number of anilines is 1. The number of hydrogen-bond acceptors (Lipinski definition) is 4. The largest absolute Gasteiger partial charge is 0.322 e. The van der Waals surface area contributed by atoms with Gasteiger partial charge in [0.05, 0.1) is 21.7 Å². The second-order valence-electron chi connectivity index (χ2n) is 8.39. The molecule has 0 spiro atoms. The summed E-state index contributed by atoms with van der Waals surface area (Å²) in [4.78, 5) is 18.4. The lowest BCUT2D eigenvalue weighted by Gasteiger charge is -2.14. The summed E-state index contributed by atoms with van der Waals surface area (Å²) < 4.78 is 23.9. The summed E-state index contributed by atoms with van der Waals surface area (Å²) in [6.45, 7) is 1.66. The number of carbonyl (C=O) groups is 1. The predicted octanol–water partition coefficient (Wildman–Crippen LogP) is 4.93. The predicted molar refractivity (Wildman–Crippen MR) is 135 cm³/mol. The quantitative estimate of drug-likeness (QED) is 0.442. The normalized spacial score (nSPS) is 14.4. The lowest BCUT2D eigenvalue weighted by atomic mass is 9.99. The molecule has 3 N–H and O–H groups in total. The molecule has 0 radical (unpaired) electrons. The Morgan fingerprint density at radius 2 is 1.74 bits per heavy atom. The maximum Gasteiger partial charge on any atom is 0.256 e. The van der Waals surface area contributed by atoms with Crippen LogP contribution < -0.4 is 10.5 Å². The number of rotatable bonds is 4. The number of amides is 1. The minimum Gasteiger partial charge on any atom is -0.322 e. The van der Waals surface area contributed by atoms with Gasteiger partial charge in [0, 0.05) is 11.1 Å². The molecule has 0 aliphatic heterocycles. The third kappa shape index (κ3) is 4.11. The van der Waals surface area contributed by atoms with Gasteiger partial charge in [-0.05, 0) is 66.3 Å². The van der Waals surface area contributed by atoms with E-state index >= 15 is 0 Å². The van der Waals surface area contributed by atoms with E-state index < -0.39 is 10.0 Å². The molecule has 1 aliphatic rings. The first kappa shape index (κ1) is 22.0. The van der Waals surface area contributed by atoms with Crippen LogP contribution in [0.25, 0.3) is 22.6 Å². The molecule has 0 saturated heterocycles. The van der Waals surface area contributed by atoms with Gasteiger partial charge < -0.3 is 5.32 Å². The van der Waals surface area contributed by atoms with Gasteiger partial charge in [0.15, 0.2) is 0 Å². The molecule has 1 aliphatic carbocycles. The van der Waals surface area contributed by atoms with Crippen LogP contribution in [0.15, 0.2) is 77.7 Å². The molecule has 1 aromatic heterocycles. The van der Waals surface area contributed by atoms with Crippen LogP contribution in [0.3, 0.4) is 0 Å². The monoisotopic (exact) mass is 469 g/mol. The number of aryl methyl sites for hydroxylation is 1. The zero-order chi connectivity index (χ0) is 23.9. The highest BCUT2D eigenvalue weighted by atomic mass is 32.2. The Hall–Kier alpha value is -3.81. The number of primary sulfonamides is 1. The summed E-state index contributed by atoms with van der Waals surface area (Å²) in [7, 11) is -3.91. The van der Waals surface area contributed by atoms with Crippen LogP contribution >= 0.6 is 0 Å². The first-order valence-corrected chi connectivity index (χ1v) is 12.5. The van der Waals surface area contributed by atoms with Gasteiger partial charge in [-0.3, -0.25) is 4.79 Å². The van der Waals surface area contributed by atoms with E-state index in [0.29, 0.717) is 23.2 Å². The van der Waals surface area contributed by atoms with Crippen molar-refractivity contribution in [3.63, 3.8) is 0 Å². The van der Waals surface area contributed by atoms with Crippen molar-refractivity contribution in [1.82, 2.24) is 4.98 Å². The molecule has 5 rings (SSSR count). The summed E-state index contributed by atoms with van der Waals surface area (Å²) in [6, 6.07) is 22.3. The van der Waals surface area contributed by atoms with E-state index in [1.807, 2.05) is 54.6 Å². The highest BCUT2D eigenvalue weighted by Gasteiger charge is 2.27. The molecule has 1 heterocycles. The van der Waals surface area contributed by atoms with Gasteiger partial charge in [-0.1, -0.05) is 54.6 Å². The van der Waals surface area contributed by atoms with Crippen LogP contribution in [0.1, 0.15) is 39.2 Å². The Balaban J connectivity index is 1.61. The first-order chi connectivity index (χ1) is 16.3. The number of aromatic nitrogens is 1. The van der Waals surface area contributed by atoms with Crippen molar-refractivity contribution in [3.8, 4) is 0 Å². The number of fused-ring (bicyclic) bond motifs is 2. The van der Waals surface area contributed by atoms with Crippen molar-refractivity contribution in [2.45, 2.75) is 24.7 Å².